The zero-order valence-electron chi connectivity index (χ0n) is 18.9. The number of benzene rings is 1. The Labute approximate surface area is 199 Å². The van der Waals surface area contributed by atoms with Crippen LogP contribution in [0, 0.1) is 5.92 Å². The van der Waals surface area contributed by atoms with Gasteiger partial charge in [-0.15, -0.1) is 0 Å². The molecule has 0 radical (unpaired) electrons. The second kappa shape index (κ2) is 11.8. The van der Waals surface area contributed by atoms with Crippen LogP contribution in [0.3, 0.4) is 0 Å². The third-order valence-corrected chi connectivity index (χ3v) is 5.64. The summed E-state index contributed by atoms with van der Waals surface area (Å²) in [6, 6.07) is 8.13. The predicted octanol–water partition coefficient (Wildman–Crippen LogP) is 3.79. The van der Waals surface area contributed by atoms with Crippen molar-refractivity contribution < 1.29 is 36.7 Å². The van der Waals surface area contributed by atoms with Crippen LogP contribution in [-0.4, -0.2) is 65.4 Å². The van der Waals surface area contributed by atoms with Crippen LogP contribution in [0.4, 0.5) is 22.4 Å². The van der Waals surface area contributed by atoms with Crippen molar-refractivity contribution in [2.45, 2.75) is 31.9 Å². The summed E-state index contributed by atoms with van der Waals surface area (Å²) < 4.78 is 58.1. The number of hydrogen-bond donors (Lipinski definition) is 1. The number of likely N-dealkylation sites (tertiary alicyclic amines) is 1. The van der Waals surface area contributed by atoms with Crippen molar-refractivity contribution in [3.05, 3.63) is 47.8 Å². The molecule has 0 atom stereocenters. The van der Waals surface area contributed by atoms with Gasteiger partial charge in [-0.3, -0.25) is 9.59 Å². The second-order valence-electron chi connectivity index (χ2n) is 8.06. The van der Waals surface area contributed by atoms with Crippen LogP contribution in [0.1, 0.15) is 41.7 Å². The molecule has 2 amide bonds. The molecule has 2 heterocycles. The van der Waals surface area contributed by atoms with E-state index in [0.717, 1.165) is 10.9 Å². The predicted molar refractivity (Wildman–Crippen MR) is 117 cm³/mol. The molecule has 3 rings (SSSR count). The quantitative estimate of drug-likeness (QED) is 0.420. The van der Waals surface area contributed by atoms with Crippen molar-refractivity contribution in [2.75, 3.05) is 32.9 Å². The van der Waals surface area contributed by atoms with E-state index >= 15 is 0 Å². The van der Waals surface area contributed by atoms with Crippen LogP contribution in [0.25, 0.3) is 5.69 Å². The summed E-state index contributed by atoms with van der Waals surface area (Å²) in [5.41, 5.74) is -1.50. The van der Waals surface area contributed by atoms with E-state index in [0.29, 0.717) is 31.6 Å². The first-order valence-electron chi connectivity index (χ1n) is 11.2. The SMILES string of the molecule is O=C(NCCCC(=O)C1CCN(C(=O)OCCF)CC1)c1cn(-c2ccccc2)nc1C(F)(F)F. The van der Waals surface area contributed by atoms with Gasteiger partial charge in [0, 0.05) is 38.2 Å². The number of ketones is 1. The molecule has 1 fully saturated rings. The monoisotopic (exact) mass is 498 g/mol. The van der Waals surface area contributed by atoms with Crippen LogP contribution in [0.2, 0.25) is 0 Å². The molecular formula is C23H26F4N4O4. The minimum atomic E-state index is -4.81. The number of nitrogens with zero attached hydrogens (tertiary/aromatic N) is 3. The van der Waals surface area contributed by atoms with Gasteiger partial charge in [-0.05, 0) is 31.4 Å². The fourth-order valence-corrected chi connectivity index (χ4v) is 3.83. The van der Waals surface area contributed by atoms with Gasteiger partial charge in [0.05, 0.1) is 11.3 Å². The highest BCUT2D eigenvalue weighted by atomic mass is 19.4. The minimum Gasteiger partial charge on any atom is -0.447 e. The van der Waals surface area contributed by atoms with Gasteiger partial charge in [-0.2, -0.15) is 18.3 Å². The molecule has 35 heavy (non-hydrogen) atoms. The van der Waals surface area contributed by atoms with Gasteiger partial charge in [0.25, 0.3) is 5.91 Å². The first kappa shape index (κ1) is 26.2. The van der Waals surface area contributed by atoms with E-state index in [1.54, 1.807) is 30.3 Å². The first-order chi connectivity index (χ1) is 16.7. The topological polar surface area (TPSA) is 93.5 Å². The molecule has 1 aromatic carbocycles. The number of piperidine rings is 1. The average molecular weight is 498 g/mol. The number of nitrogens with one attached hydrogen (secondary N) is 1. The molecular weight excluding hydrogens is 472 g/mol. The Morgan fingerprint density at radius 3 is 2.43 bits per heavy atom. The van der Waals surface area contributed by atoms with Gasteiger partial charge in [0.15, 0.2) is 5.69 Å². The maximum absolute atomic E-state index is 13.4. The minimum absolute atomic E-state index is 0.0206. The van der Waals surface area contributed by atoms with Crippen molar-refractivity contribution in [3.63, 3.8) is 0 Å². The number of alkyl halides is 4. The van der Waals surface area contributed by atoms with Crippen LogP contribution in [0.15, 0.2) is 36.5 Å². The summed E-state index contributed by atoms with van der Waals surface area (Å²) in [7, 11) is 0. The molecule has 0 unspecified atom stereocenters. The molecule has 0 saturated carbocycles. The normalized spacial score (nSPS) is 14.6. The molecule has 1 aliphatic heterocycles. The Kier molecular flexibility index (Phi) is 8.83. The van der Waals surface area contributed by atoms with Gasteiger partial charge in [0.1, 0.15) is 19.1 Å². The third-order valence-electron chi connectivity index (χ3n) is 5.64. The summed E-state index contributed by atoms with van der Waals surface area (Å²) in [4.78, 5) is 38.1. The number of carbonyl (C=O) groups is 3. The highest BCUT2D eigenvalue weighted by Gasteiger charge is 2.39. The highest BCUT2D eigenvalue weighted by molar-refractivity contribution is 5.95. The number of carbonyl (C=O) groups excluding carboxylic acids is 3. The largest absolute Gasteiger partial charge is 0.447 e. The fourth-order valence-electron chi connectivity index (χ4n) is 3.83. The maximum atomic E-state index is 13.4. The highest BCUT2D eigenvalue weighted by Crippen LogP contribution is 2.31. The number of amides is 2. The van der Waals surface area contributed by atoms with E-state index < -0.39 is 36.1 Å². The zero-order chi connectivity index (χ0) is 25.4. The Bertz CT molecular complexity index is 1020. The van der Waals surface area contributed by atoms with Gasteiger partial charge >= 0.3 is 12.3 Å². The Morgan fingerprint density at radius 2 is 1.80 bits per heavy atom. The number of halogens is 4. The van der Waals surface area contributed by atoms with E-state index in [2.05, 4.69) is 10.4 Å². The molecule has 190 valence electrons. The summed E-state index contributed by atoms with van der Waals surface area (Å²) in [6.45, 7) is -0.397. The van der Waals surface area contributed by atoms with E-state index in [1.807, 2.05) is 0 Å². The summed E-state index contributed by atoms with van der Waals surface area (Å²) in [5, 5.41) is 5.98. The van der Waals surface area contributed by atoms with Crippen LogP contribution < -0.4 is 5.32 Å². The Hall–Kier alpha value is -3.44. The van der Waals surface area contributed by atoms with Crippen LogP contribution >= 0.6 is 0 Å². The fraction of sp³-hybridized carbons (Fsp3) is 0.478. The van der Waals surface area contributed by atoms with Crippen molar-refractivity contribution in [2.24, 2.45) is 5.92 Å². The molecule has 1 N–H and O–H groups in total. The molecule has 1 aromatic heterocycles. The molecule has 8 nitrogen and oxygen atoms in total. The van der Waals surface area contributed by atoms with Crippen molar-refractivity contribution in [1.29, 1.82) is 0 Å². The van der Waals surface area contributed by atoms with E-state index in [9.17, 15) is 31.9 Å². The van der Waals surface area contributed by atoms with E-state index in [4.69, 9.17) is 4.74 Å². The molecule has 0 spiro atoms. The number of rotatable bonds is 9. The lowest BCUT2D eigenvalue weighted by Gasteiger charge is -2.30. The van der Waals surface area contributed by atoms with Crippen molar-refractivity contribution in [3.8, 4) is 5.69 Å². The molecule has 1 saturated heterocycles. The number of aromatic nitrogens is 2. The lowest BCUT2D eigenvalue weighted by molar-refractivity contribution is -0.141. The third kappa shape index (κ3) is 7.03. The first-order valence-corrected chi connectivity index (χ1v) is 11.2. The Morgan fingerprint density at radius 1 is 1.11 bits per heavy atom. The standard InChI is InChI=1S/C23H26F4N4O4/c24-10-14-35-22(34)30-12-8-16(9-13-30)19(32)7-4-11-28-21(33)18-15-31(17-5-2-1-3-6-17)29-20(18)23(25,26)27/h1-3,5-6,15-16H,4,7-14H2,(H,28,33). The molecule has 0 aliphatic carbocycles. The zero-order valence-corrected chi connectivity index (χ0v) is 18.9. The number of hydrogen-bond acceptors (Lipinski definition) is 5. The number of para-hydroxylation sites is 1. The van der Waals surface area contributed by atoms with Crippen LogP contribution in [0.5, 0.6) is 0 Å². The summed E-state index contributed by atoms with van der Waals surface area (Å²) in [5.74, 6) is -1.21. The van der Waals surface area contributed by atoms with E-state index in [-0.39, 0.29) is 37.7 Å². The lowest BCUT2D eigenvalue weighted by atomic mass is 9.90. The Balaban J connectivity index is 1.48. The molecule has 1 aliphatic rings. The summed E-state index contributed by atoms with van der Waals surface area (Å²) in [6.07, 6.45) is -3.08. The second-order valence-corrected chi connectivity index (χ2v) is 8.06. The maximum Gasteiger partial charge on any atom is 0.435 e. The molecule has 0 bridgehead atoms. The number of Topliss-reactive ketones (excluding diaryl/α,β-unsaturated/α-hetero) is 1. The smallest absolute Gasteiger partial charge is 0.435 e. The van der Waals surface area contributed by atoms with Crippen molar-refractivity contribution >= 4 is 17.8 Å². The van der Waals surface area contributed by atoms with Gasteiger partial charge in [-0.25, -0.2) is 13.9 Å². The van der Waals surface area contributed by atoms with Crippen molar-refractivity contribution in [1.82, 2.24) is 20.0 Å². The van der Waals surface area contributed by atoms with Gasteiger partial charge in [0.2, 0.25) is 0 Å². The average Bonchev–Trinajstić information content (AvgIpc) is 3.32. The summed E-state index contributed by atoms with van der Waals surface area (Å²) >= 11 is 0. The van der Waals surface area contributed by atoms with E-state index in [1.165, 1.54) is 4.90 Å². The van der Waals surface area contributed by atoms with Crippen LogP contribution in [-0.2, 0) is 15.7 Å². The molecule has 12 heteroatoms. The molecule has 2 aromatic rings. The number of ether oxygens (including phenoxy) is 1. The van der Waals surface area contributed by atoms with Gasteiger partial charge < -0.3 is 15.0 Å². The van der Waals surface area contributed by atoms with Gasteiger partial charge in [-0.1, -0.05) is 18.2 Å². The lowest BCUT2D eigenvalue weighted by Crippen LogP contribution is -2.40.